The minimum atomic E-state index is -0.306. The molecule has 0 radical (unpaired) electrons. The van der Waals surface area contributed by atoms with Crippen LogP contribution in [0.2, 0.25) is 5.02 Å². The number of carbonyl (C=O) groups excluding carboxylic acids is 2. The minimum Gasteiger partial charge on any atom is -0.368 e. The van der Waals surface area contributed by atoms with Crippen LogP contribution >= 0.6 is 11.6 Å². The molecule has 1 aromatic carbocycles. The van der Waals surface area contributed by atoms with Gasteiger partial charge >= 0.3 is 0 Å². The lowest BCUT2D eigenvalue weighted by Gasteiger charge is -2.36. The van der Waals surface area contributed by atoms with Gasteiger partial charge in [-0.05, 0) is 31.2 Å². The fourth-order valence-electron chi connectivity index (χ4n) is 2.54. The van der Waals surface area contributed by atoms with Crippen LogP contribution in [0.4, 0.5) is 5.69 Å². The fourth-order valence-corrected chi connectivity index (χ4v) is 2.67. The summed E-state index contributed by atoms with van der Waals surface area (Å²) in [6.45, 7) is 6.36. The van der Waals surface area contributed by atoms with E-state index in [-0.39, 0.29) is 30.3 Å². The molecule has 0 bridgehead atoms. The molecule has 1 saturated heterocycles. The third-order valence-corrected chi connectivity index (χ3v) is 4.69. The highest BCUT2D eigenvalue weighted by atomic mass is 35.5. The highest BCUT2D eigenvalue weighted by Gasteiger charge is 2.23. The Balaban J connectivity index is 1.78. The first kappa shape index (κ1) is 18.5. The topological polar surface area (TPSA) is 78.7 Å². The molecule has 0 spiro atoms. The Hall–Kier alpha value is -1.79. The van der Waals surface area contributed by atoms with Gasteiger partial charge in [-0.15, -0.1) is 0 Å². The van der Waals surface area contributed by atoms with Gasteiger partial charge in [0.2, 0.25) is 11.8 Å². The van der Waals surface area contributed by atoms with Crippen molar-refractivity contribution in [3.05, 3.63) is 29.3 Å². The Morgan fingerprint density at radius 1 is 1.17 bits per heavy atom. The van der Waals surface area contributed by atoms with Gasteiger partial charge in [0.1, 0.15) is 0 Å². The SMILES string of the molecule is CC(N)C(C)C(=O)NCC(=O)N1CCN(c2ccc(Cl)cc2)CC1. The van der Waals surface area contributed by atoms with Gasteiger partial charge in [-0.3, -0.25) is 9.59 Å². The zero-order chi connectivity index (χ0) is 17.7. The summed E-state index contributed by atoms with van der Waals surface area (Å²) < 4.78 is 0. The zero-order valence-electron chi connectivity index (χ0n) is 14.2. The number of nitrogens with one attached hydrogen (secondary N) is 1. The van der Waals surface area contributed by atoms with Crippen LogP contribution in [0.5, 0.6) is 0 Å². The molecule has 0 saturated carbocycles. The standard InChI is InChI=1S/C17H25ClN4O2/c1-12(13(2)19)17(24)20-11-16(23)22-9-7-21(8-10-22)15-5-3-14(18)4-6-15/h3-6,12-13H,7-11,19H2,1-2H3,(H,20,24). The molecule has 24 heavy (non-hydrogen) atoms. The quantitative estimate of drug-likeness (QED) is 0.831. The van der Waals surface area contributed by atoms with Crippen molar-refractivity contribution < 1.29 is 9.59 Å². The van der Waals surface area contributed by atoms with Crippen molar-refractivity contribution in [2.75, 3.05) is 37.6 Å². The number of rotatable bonds is 5. The predicted molar refractivity (Wildman–Crippen MR) is 96.1 cm³/mol. The molecule has 2 atom stereocenters. The van der Waals surface area contributed by atoms with E-state index in [1.165, 1.54) is 0 Å². The zero-order valence-corrected chi connectivity index (χ0v) is 14.9. The highest BCUT2D eigenvalue weighted by molar-refractivity contribution is 6.30. The summed E-state index contributed by atoms with van der Waals surface area (Å²) >= 11 is 5.90. The Morgan fingerprint density at radius 3 is 2.29 bits per heavy atom. The van der Waals surface area contributed by atoms with Gasteiger partial charge in [0, 0.05) is 48.8 Å². The van der Waals surface area contributed by atoms with E-state index in [0.29, 0.717) is 18.1 Å². The Kier molecular flexibility index (Phi) is 6.45. The largest absolute Gasteiger partial charge is 0.368 e. The Labute approximate surface area is 147 Å². The summed E-state index contributed by atoms with van der Waals surface area (Å²) in [6.07, 6.45) is 0. The second kappa shape index (κ2) is 8.35. The second-order valence-electron chi connectivity index (χ2n) is 6.21. The molecule has 1 aliphatic heterocycles. The highest BCUT2D eigenvalue weighted by Crippen LogP contribution is 2.19. The minimum absolute atomic E-state index is 0.0246. The molecular weight excluding hydrogens is 328 g/mol. The average Bonchev–Trinajstić information content (AvgIpc) is 2.59. The van der Waals surface area contributed by atoms with Gasteiger partial charge in [-0.1, -0.05) is 18.5 Å². The van der Waals surface area contributed by atoms with Crippen LogP contribution in [0.25, 0.3) is 0 Å². The molecule has 3 N–H and O–H groups in total. The second-order valence-corrected chi connectivity index (χ2v) is 6.65. The van der Waals surface area contributed by atoms with Crippen LogP contribution in [0.1, 0.15) is 13.8 Å². The third kappa shape index (κ3) is 4.85. The molecule has 6 nitrogen and oxygen atoms in total. The van der Waals surface area contributed by atoms with Crippen LogP contribution in [0.15, 0.2) is 24.3 Å². The van der Waals surface area contributed by atoms with Crippen molar-refractivity contribution in [2.24, 2.45) is 11.7 Å². The van der Waals surface area contributed by atoms with Crippen LogP contribution in [-0.4, -0.2) is 55.5 Å². The van der Waals surface area contributed by atoms with E-state index in [9.17, 15) is 9.59 Å². The van der Waals surface area contributed by atoms with Gasteiger partial charge in [-0.2, -0.15) is 0 Å². The normalized spacial score (nSPS) is 17.3. The molecule has 1 aliphatic rings. The molecule has 1 aromatic rings. The van der Waals surface area contributed by atoms with Gasteiger partial charge in [0.25, 0.3) is 0 Å². The maximum absolute atomic E-state index is 12.2. The summed E-state index contributed by atoms with van der Waals surface area (Å²) in [6, 6.07) is 7.46. The van der Waals surface area contributed by atoms with E-state index in [2.05, 4.69) is 10.2 Å². The first-order chi connectivity index (χ1) is 11.4. The third-order valence-electron chi connectivity index (χ3n) is 4.44. The molecule has 132 valence electrons. The first-order valence-electron chi connectivity index (χ1n) is 8.20. The summed E-state index contributed by atoms with van der Waals surface area (Å²) in [5, 5.41) is 3.38. The molecule has 0 aromatic heterocycles. The van der Waals surface area contributed by atoms with Gasteiger partial charge in [0.15, 0.2) is 0 Å². The lowest BCUT2D eigenvalue weighted by Crippen LogP contribution is -2.52. The van der Waals surface area contributed by atoms with E-state index in [1.54, 1.807) is 18.7 Å². The molecule has 2 rings (SSSR count). The van der Waals surface area contributed by atoms with Crippen LogP contribution < -0.4 is 16.0 Å². The van der Waals surface area contributed by atoms with Crippen LogP contribution in [0, 0.1) is 5.92 Å². The lowest BCUT2D eigenvalue weighted by atomic mass is 10.0. The summed E-state index contributed by atoms with van der Waals surface area (Å²) in [5.74, 6) is -0.548. The Morgan fingerprint density at radius 2 is 1.75 bits per heavy atom. The smallest absolute Gasteiger partial charge is 0.242 e. The van der Waals surface area contributed by atoms with Crippen molar-refractivity contribution in [3.63, 3.8) is 0 Å². The summed E-state index contributed by atoms with van der Waals surface area (Å²) in [4.78, 5) is 28.1. The number of halogens is 1. The first-order valence-corrected chi connectivity index (χ1v) is 8.58. The number of hydrogen-bond donors (Lipinski definition) is 2. The van der Waals surface area contributed by atoms with E-state index in [1.807, 2.05) is 24.3 Å². The van der Waals surface area contributed by atoms with Crippen molar-refractivity contribution in [1.29, 1.82) is 0 Å². The monoisotopic (exact) mass is 352 g/mol. The molecular formula is C17H25ClN4O2. The molecule has 2 amide bonds. The number of nitrogens with zero attached hydrogens (tertiary/aromatic N) is 2. The van der Waals surface area contributed by atoms with Crippen molar-refractivity contribution in [1.82, 2.24) is 10.2 Å². The maximum atomic E-state index is 12.2. The molecule has 7 heteroatoms. The van der Waals surface area contributed by atoms with E-state index in [4.69, 9.17) is 17.3 Å². The predicted octanol–water partition coefficient (Wildman–Crippen LogP) is 1.09. The summed E-state index contributed by atoms with van der Waals surface area (Å²) in [5.41, 5.74) is 6.80. The molecule has 1 heterocycles. The van der Waals surface area contributed by atoms with Crippen LogP contribution in [0.3, 0.4) is 0 Å². The number of amides is 2. The molecule has 0 aliphatic carbocycles. The number of carbonyl (C=O) groups is 2. The molecule has 1 fully saturated rings. The number of benzene rings is 1. The summed E-state index contributed by atoms with van der Waals surface area (Å²) in [7, 11) is 0. The number of hydrogen-bond acceptors (Lipinski definition) is 4. The van der Waals surface area contributed by atoms with E-state index >= 15 is 0 Å². The van der Waals surface area contributed by atoms with E-state index in [0.717, 1.165) is 18.8 Å². The van der Waals surface area contributed by atoms with Gasteiger partial charge < -0.3 is 20.9 Å². The van der Waals surface area contributed by atoms with Crippen molar-refractivity contribution in [3.8, 4) is 0 Å². The van der Waals surface area contributed by atoms with Gasteiger partial charge in [-0.25, -0.2) is 0 Å². The Bertz CT molecular complexity index is 568. The van der Waals surface area contributed by atoms with Crippen molar-refractivity contribution >= 4 is 29.1 Å². The van der Waals surface area contributed by atoms with Gasteiger partial charge in [0.05, 0.1) is 6.54 Å². The lowest BCUT2D eigenvalue weighted by molar-refractivity contribution is -0.134. The van der Waals surface area contributed by atoms with E-state index < -0.39 is 0 Å². The maximum Gasteiger partial charge on any atom is 0.242 e. The average molecular weight is 353 g/mol. The number of anilines is 1. The van der Waals surface area contributed by atoms with Crippen molar-refractivity contribution in [2.45, 2.75) is 19.9 Å². The fraction of sp³-hybridized carbons (Fsp3) is 0.529. The number of nitrogens with two attached hydrogens (primary N) is 1. The molecule has 2 unspecified atom stereocenters. The number of piperazine rings is 1. The van der Waals surface area contributed by atoms with Crippen LogP contribution in [-0.2, 0) is 9.59 Å².